The van der Waals surface area contributed by atoms with Gasteiger partial charge in [-0.25, -0.2) is 12.8 Å². The maximum atomic E-state index is 13.2. The van der Waals surface area contributed by atoms with E-state index in [1.54, 1.807) is 13.1 Å². The molecule has 0 saturated carbocycles. The van der Waals surface area contributed by atoms with Gasteiger partial charge in [-0.05, 0) is 55.3 Å². The molecule has 2 aromatic carbocycles. The number of carbonyl (C=O) groups is 1. The molecule has 0 unspecified atom stereocenters. The molecule has 0 radical (unpaired) electrons. The van der Waals surface area contributed by atoms with E-state index in [0.29, 0.717) is 25.1 Å². The van der Waals surface area contributed by atoms with Crippen LogP contribution in [0.4, 0.5) is 10.1 Å². The van der Waals surface area contributed by atoms with Crippen LogP contribution in [0.2, 0.25) is 5.02 Å². The van der Waals surface area contributed by atoms with Crippen LogP contribution in [-0.4, -0.2) is 45.9 Å². The van der Waals surface area contributed by atoms with Gasteiger partial charge in [-0.3, -0.25) is 4.79 Å². The van der Waals surface area contributed by atoms with Gasteiger partial charge in [0.1, 0.15) is 16.5 Å². The van der Waals surface area contributed by atoms with E-state index in [1.807, 2.05) is 0 Å². The summed E-state index contributed by atoms with van der Waals surface area (Å²) < 4.78 is 46.0. The summed E-state index contributed by atoms with van der Waals surface area (Å²) in [6.45, 7) is 0.365. The molecule has 0 aromatic heterocycles. The summed E-state index contributed by atoms with van der Waals surface area (Å²) in [4.78, 5) is 14.3. The lowest BCUT2D eigenvalue weighted by molar-refractivity contribution is -0.123. The molecule has 156 valence electrons. The van der Waals surface area contributed by atoms with Crippen molar-refractivity contribution in [2.75, 3.05) is 32.1 Å². The van der Waals surface area contributed by atoms with E-state index >= 15 is 0 Å². The zero-order valence-corrected chi connectivity index (χ0v) is 17.7. The van der Waals surface area contributed by atoms with Crippen LogP contribution in [0, 0.1) is 11.7 Å². The first-order valence-electron chi connectivity index (χ1n) is 9.11. The van der Waals surface area contributed by atoms with E-state index in [-0.39, 0.29) is 33.9 Å². The minimum absolute atomic E-state index is 0.0208. The molecule has 6 nitrogen and oxygen atoms in total. The molecular formula is C20H22ClFN2O4S. The molecule has 3 rings (SSSR count). The Kier molecular flexibility index (Phi) is 6.45. The first-order chi connectivity index (χ1) is 13.7. The standard InChI is InChI=1S/C20H22ClFN2O4S/c1-23(17-8-6-16(22)7-9-17)20(25)14-4-3-11-24(13-14)29(26,27)19-12-15(21)5-10-18(19)28-2/h5-10,12,14H,3-4,11,13H2,1-2H3/t14-/m1/s1. The fraction of sp³-hybridized carbons (Fsp3) is 0.350. The van der Waals surface area contributed by atoms with Gasteiger partial charge in [0.05, 0.1) is 13.0 Å². The van der Waals surface area contributed by atoms with Gasteiger partial charge in [0.25, 0.3) is 0 Å². The van der Waals surface area contributed by atoms with Crippen LogP contribution in [0.1, 0.15) is 12.8 Å². The van der Waals surface area contributed by atoms with Crippen LogP contribution in [0.15, 0.2) is 47.4 Å². The molecular weight excluding hydrogens is 419 g/mol. The Morgan fingerprint density at radius 2 is 1.93 bits per heavy atom. The third-order valence-electron chi connectivity index (χ3n) is 5.02. The number of hydrogen-bond acceptors (Lipinski definition) is 4. The Bertz CT molecular complexity index is 998. The number of nitrogens with zero attached hydrogens (tertiary/aromatic N) is 2. The highest BCUT2D eigenvalue weighted by atomic mass is 35.5. The van der Waals surface area contributed by atoms with E-state index in [4.69, 9.17) is 16.3 Å². The van der Waals surface area contributed by atoms with Crippen LogP contribution in [0.25, 0.3) is 0 Å². The van der Waals surface area contributed by atoms with Gasteiger partial charge in [-0.1, -0.05) is 11.6 Å². The second-order valence-corrected chi connectivity index (χ2v) is 9.21. The zero-order chi connectivity index (χ0) is 21.2. The van der Waals surface area contributed by atoms with Gasteiger partial charge < -0.3 is 9.64 Å². The summed E-state index contributed by atoms with van der Waals surface area (Å²) in [6.07, 6.45) is 1.12. The second kappa shape index (κ2) is 8.69. The van der Waals surface area contributed by atoms with Crippen LogP contribution in [-0.2, 0) is 14.8 Å². The molecule has 1 aliphatic rings. The molecule has 1 saturated heterocycles. The van der Waals surface area contributed by atoms with Gasteiger partial charge >= 0.3 is 0 Å². The number of anilines is 1. The molecule has 0 aliphatic carbocycles. The van der Waals surface area contributed by atoms with Crippen molar-refractivity contribution in [1.29, 1.82) is 0 Å². The van der Waals surface area contributed by atoms with E-state index in [1.165, 1.54) is 52.7 Å². The molecule has 1 heterocycles. The van der Waals surface area contributed by atoms with Crippen molar-refractivity contribution in [2.24, 2.45) is 5.92 Å². The Hall–Kier alpha value is -2.16. The van der Waals surface area contributed by atoms with Gasteiger partial charge in [-0.15, -0.1) is 0 Å². The molecule has 1 atom stereocenters. The number of benzene rings is 2. The van der Waals surface area contributed by atoms with Gasteiger partial charge in [0.2, 0.25) is 15.9 Å². The molecule has 29 heavy (non-hydrogen) atoms. The molecule has 2 aromatic rings. The maximum absolute atomic E-state index is 13.2. The minimum Gasteiger partial charge on any atom is -0.495 e. The van der Waals surface area contributed by atoms with Crippen molar-refractivity contribution in [1.82, 2.24) is 4.31 Å². The van der Waals surface area contributed by atoms with Crippen LogP contribution < -0.4 is 9.64 Å². The smallest absolute Gasteiger partial charge is 0.246 e. The molecule has 9 heteroatoms. The third kappa shape index (κ3) is 4.55. The topological polar surface area (TPSA) is 66.9 Å². The Morgan fingerprint density at radius 1 is 1.24 bits per heavy atom. The predicted molar refractivity (Wildman–Crippen MR) is 109 cm³/mol. The summed E-state index contributed by atoms with van der Waals surface area (Å²) in [5.41, 5.74) is 0.549. The summed E-state index contributed by atoms with van der Waals surface area (Å²) in [6, 6.07) is 10.0. The fourth-order valence-corrected chi connectivity index (χ4v) is 5.36. The normalized spacial score (nSPS) is 17.7. The minimum atomic E-state index is -3.89. The van der Waals surface area contributed by atoms with Crippen molar-refractivity contribution in [3.05, 3.63) is 53.3 Å². The third-order valence-corrected chi connectivity index (χ3v) is 7.14. The number of hydrogen-bond donors (Lipinski definition) is 0. The van der Waals surface area contributed by atoms with E-state index in [2.05, 4.69) is 0 Å². The van der Waals surface area contributed by atoms with Crippen LogP contribution in [0.3, 0.4) is 0 Å². The zero-order valence-electron chi connectivity index (χ0n) is 16.1. The number of piperidine rings is 1. The van der Waals surface area contributed by atoms with E-state index in [0.717, 1.165) is 0 Å². The van der Waals surface area contributed by atoms with Gasteiger partial charge in [0, 0.05) is 30.8 Å². The number of ether oxygens (including phenoxy) is 1. The SMILES string of the molecule is COc1ccc(Cl)cc1S(=O)(=O)N1CCC[C@@H](C(=O)N(C)c2ccc(F)cc2)C1. The number of halogens is 2. The summed E-state index contributed by atoms with van der Waals surface area (Å²) in [5.74, 6) is -0.903. The first kappa shape index (κ1) is 21.5. The summed E-state index contributed by atoms with van der Waals surface area (Å²) in [7, 11) is -0.895. The highest BCUT2D eigenvalue weighted by Crippen LogP contribution is 2.32. The van der Waals surface area contributed by atoms with Gasteiger partial charge in [0.15, 0.2) is 0 Å². The number of sulfonamides is 1. The van der Waals surface area contributed by atoms with Crippen LogP contribution >= 0.6 is 11.6 Å². The largest absolute Gasteiger partial charge is 0.495 e. The second-order valence-electron chi connectivity index (χ2n) is 6.87. The molecule has 1 aliphatic heterocycles. The van der Waals surface area contributed by atoms with E-state index in [9.17, 15) is 17.6 Å². The predicted octanol–water partition coefficient (Wildman–Crippen LogP) is 3.55. The van der Waals surface area contributed by atoms with Crippen molar-refractivity contribution >= 4 is 33.2 Å². The Labute approximate surface area is 174 Å². The molecule has 0 spiro atoms. The molecule has 1 amide bonds. The first-order valence-corrected chi connectivity index (χ1v) is 10.9. The number of rotatable bonds is 5. The monoisotopic (exact) mass is 440 g/mol. The fourth-order valence-electron chi connectivity index (χ4n) is 3.42. The van der Waals surface area contributed by atoms with Crippen molar-refractivity contribution in [3.63, 3.8) is 0 Å². The van der Waals surface area contributed by atoms with E-state index < -0.39 is 15.9 Å². The van der Waals surface area contributed by atoms with Crippen molar-refractivity contribution < 1.29 is 22.3 Å². The highest BCUT2D eigenvalue weighted by Gasteiger charge is 2.36. The summed E-state index contributed by atoms with van der Waals surface area (Å²) >= 11 is 5.99. The van der Waals surface area contributed by atoms with Crippen molar-refractivity contribution in [3.8, 4) is 5.75 Å². The Balaban J connectivity index is 1.82. The summed E-state index contributed by atoms with van der Waals surface area (Å²) in [5, 5.41) is 0.282. The lowest BCUT2D eigenvalue weighted by Gasteiger charge is -2.33. The number of amides is 1. The van der Waals surface area contributed by atoms with Crippen molar-refractivity contribution in [2.45, 2.75) is 17.7 Å². The maximum Gasteiger partial charge on any atom is 0.246 e. The average molecular weight is 441 g/mol. The lowest BCUT2D eigenvalue weighted by atomic mass is 9.98. The number of methoxy groups -OCH3 is 1. The quantitative estimate of drug-likeness (QED) is 0.713. The number of carbonyl (C=O) groups excluding carboxylic acids is 1. The molecule has 0 bridgehead atoms. The lowest BCUT2D eigenvalue weighted by Crippen LogP contribution is -2.46. The van der Waals surface area contributed by atoms with Crippen LogP contribution in [0.5, 0.6) is 5.75 Å². The Morgan fingerprint density at radius 3 is 2.59 bits per heavy atom. The molecule has 1 fully saturated rings. The molecule has 0 N–H and O–H groups in total. The average Bonchev–Trinajstić information content (AvgIpc) is 2.73. The highest BCUT2D eigenvalue weighted by molar-refractivity contribution is 7.89. The van der Waals surface area contributed by atoms with Gasteiger partial charge in [-0.2, -0.15) is 4.31 Å².